The molecule has 0 unspecified atom stereocenters. The monoisotopic (exact) mass is 536 g/mol. The number of aryl methyl sites for hydroxylation is 2. The van der Waals surface area contributed by atoms with Gasteiger partial charge in [0.05, 0.1) is 39.2 Å². The molecular weight excluding hydrogens is 496 g/mol. The largest absolute Gasteiger partial charge is 0.493 e. The number of hydrogen-bond acceptors (Lipinski definition) is 7. The SMILES string of the molecule is CCC(=O)N(CCN1CCOCC1)CC(=O)N1N=C(c2ccc(C)c(C)c2)C[C@@H]1c1ccc(OC)c(OC)c1. The number of ether oxygens (including phenoxy) is 3. The highest BCUT2D eigenvalue weighted by molar-refractivity contribution is 6.03. The van der Waals surface area contributed by atoms with E-state index in [1.807, 2.05) is 25.1 Å². The molecule has 0 saturated carbocycles. The Balaban J connectivity index is 1.61. The number of morpholine rings is 1. The van der Waals surface area contributed by atoms with Gasteiger partial charge in [-0.2, -0.15) is 5.10 Å². The van der Waals surface area contributed by atoms with Crippen molar-refractivity contribution in [1.29, 1.82) is 0 Å². The normalized spacial score (nSPS) is 17.6. The van der Waals surface area contributed by atoms with Crippen molar-refractivity contribution in [2.45, 2.75) is 39.7 Å². The average Bonchev–Trinajstić information content (AvgIpc) is 3.42. The van der Waals surface area contributed by atoms with Gasteiger partial charge in [-0.25, -0.2) is 5.01 Å². The van der Waals surface area contributed by atoms with E-state index in [0.717, 1.165) is 29.9 Å². The number of carbonyl (C=O) groups is 2. The molecule has 2 amide bonds. The van der Waals surface area contributed by atoms with Gasteiger partial charge in [-0.15, -0.1) is 0 Å². The van der Waals surface area contributed by atoms with Crippen LogP contribution in [0.2, 0.25) is 0 Å². The lowest BCUT2D eigenvalue weighted by Gasteiger charge is -2.31. The van der Waals surface area contributed by atoms with E-state index in [2.05, 4.69) is 36.9 Å². The number of nitrogens with zero attached hydrogens (tertiary/aromatic N) is 4. The van der Waals surface area contributed by atoms with Crippen molar-refractivity contribution in [1.82, 2.24) is 14.8 Å². The molecule has 2 aromatic carbocycles. The molecule has 0 radical (unpaired) electrons. The van der Waals surface area contributed by atoms with Crippen LogP contribution in [0.15, 0.2) is 41.5 Å². The fraction of sp³-hybridized carbons (Fsp3) is 0.500. The fourth-order valence-electron chi connectivity index (χ4n) is 4.99. The van der Waals surface area contributed by atoms with Gasteiger partial charge in [0, 0.05) is 39.0 Å². The zero-order chi connectivity index (χ0) is 27.9. The van der Waals surface area contributed by atoms with Crippen molar-refractivity contribution in [3.05, 3.63) is 58.7 Å². The lowest BCUT2D eigenvalue weighted by atomic mass is 9.96. The van der Waals surface area contributed by atoms with Crippen LogP contribution in [0.25, 0.3) is 0 Å². The molecule has 4 rings (SSSR count). The second kappa shape index (κ2) is 13.1. The molecule has 9 nitrogen and oxygen atoms in total. The lowest BCUT2D eigenvalue weighted by molar-refractivity contribution is -0.141. The van der Waals surface area contributed by atoms with Gasteiger partial charge in [-0.3, -0.25) is 14.5 Å². The number of methoxy groups -OCH3 is 2. The van der Waals surface area contributed by atoms with Gasteiger partial charge in [-0.05, 0) is 54.3 Å². The summed E-state index contributed by atoms with van der Waals surface area (Å²) in [6.45, 7) is 10.2. The van der Waals surface area contributed by atoms with E-state index in [4.69, 9.17) is 19.3 Å². The topological polar surface area (TPSA) is 83.9 Å². The van der Waals surface area contributed by atoms with E-state index >= 15 is 0 Å². The lowest BCUT2D eigenvalue weighted by Crippen LogP contribution is -2.46. The summed E-state index contributed by atoms with van der Waals surface area (Å²) in [5.41, 5.74) is 5.10. The van der Waals surface area contributed by atoms with Crippen LogP contribution in [0.1, 0.15) is 48.1 Å². The molecule has 2 aliphatic heterocycles. The first-order valence-electron chi connectivity index (χ1n) is 13.6. The summed E-state index contributed by atoms with van der Waals surface area (Å²) in [6, 6.07) is 11.6. The summed E-state index contributed by atoms with van der Waals surface area (Å²) in [5, 5.41) is 6.39. The minimum Gasteiger partial charge on any atom is -0.493 e. The Hall–Kier alpha value is -3.43. The molecule has 0 aliphatic carbocycles. The van der Waals surface area contributed by atoms with E-state index in [1.54, 1.807) is 24.1 Å². The van der Waals surface area contributed by atoms with Crippen molar-refractivity contribution in [3.8, 4) is 11.5 Å². The maximum atomic E-state index is 13.8. The zero-order valence-corrected chi connectivity index (χ0v) is 23.7. The smallest absolute Gasteiger partial charge is 0.262 e. The first kappa shape index (κ1) is 28.6. The van der Waals surface area contributed by atoms with Crippen LogP contribution in [-0.2, 0) is 14.3 Å². The molecule has 210 valence electrons. The highest BCUT2D eigenvalue weighted by Gasteiger charge is 2.35. The molecule has 1 saturated heterocycles. The van der Waals surface area contributed by atoms with E-state index in [9.17, 15) is 9.59 Å². The Labute approximate surface area is 231 Å². The molecule has 1 fully saturated rings. The summed E-state index contributed by atoms with van der Waals surface area (Å²) >= 11 is 0. The number of benzene rings is 2. The van der Waals surface area contributed by atoms with Gasteiger partial charge in [0.15, 0.2) is 11.5 Å². The molecule has 1 atom stereocenters. The molecule has 39 heavy (non-hydrogen) atoms. The standard InChI is InChI=1S/C30H40N4O5/c1-6-29(35)33(12-11-32-13-15-39-16-14-32)20-30(36)34-26(24-9-10-27(37-4)28(18-24)38-5)19-25(31-34)23-8-7-21(2)22(3)17-23/h7-10,17-18,26H,6,11-16,19-20H2,1-5H3/t26-/m1/s1. The molecule has 0 N–H and O–H groups in total. The average molecular weight is 537 g/mol. The van der Waals surface area contributed by atoms with Crippen LogP contribution in [0.4, 0.5) is 0 Å². The van der Waals surface area contributed by atoms with Crippen molar-refractivity contribution in [2.24, 2.45) is 5.10 Å². The summed E-state index contributed by atoms with van der Waals surface area (Å²) in [7, 11) is 3.19. The third-order valence-corrected chi connectivity index (χ3v) is 7.57. The molecule has 2 aromatic rings. The van der Waals surface area contributed by atoms with Crippen LogP contribution < -0.4 is 9.47 Å². The number of hydrogen-bond donors (Lipinski definition) is 0. The van der Waals surface area contributed by atoms with Gasteiger partial charge >= 0.3 is 0 Å². The second-order valence-electron chi connectivity index (χ2n) is 10.0. The second-order valence-corrected chi connectivity index (χ2v) is 10.0. The quantitative estimate of drug-likeness (QED) is 0.462. The fourth-order valence-corrected chi connectivity index (χ4v) is 4.99. The van der Waals surface area contributed by atoms with E-state index in [0.29, 0.717) is 50.6 Å². The third kappa shape index (κ3) is 6.78. The van der Waals surface area contributed by atoms with Gasteiger partial charge in [-0.1, -0.05) is 25.1 Å². The predicted molar refractivity (Wildman–Crippen MR) is 150 cm³/mol. The van der Waals surface area contributed by atoms with Gasteiger partial charge in [0.1, 0.15) is 6.54 Å². The van der Waals surface area contributed by atoms with E-state index < -0.39 is 0 Å². The maximum absolute atomic E-state index is 13.8. The molecule has 2 heterocycles. The maximum Gasteiger partial charge on any atom is 0.262 e. The summed E-state index contributed by atoms with van der Waals surface area (Å²) in [5.74, 6) is 0.958. The number of amides is 2. The zero-order valence-electron chi connectivity index (χ0n) is 23.7. The van der Waals surface area contributed by atoms with Gasteiger partial charge in [0.25, 0.3) is 5.91 Å². The van der Waals surface area contributed by atoms with Crippen molar-refractivity contribution in [3.63, 3.8) is 0 Å². The minimum atomic E-state index is -0.327. The molecule has 0 spiro atoms. The molecule has 0 aromatic heterocycles. The molecular formula is C30H40N4O5. The van der Waals surface area contributed by atoms with Crippen molar-refractivity contribution < 1.29 is 23.8 Å². The number of rotatable bonds is 10. The first-order chi connectivity index (χ1) is 18.8. The van der Waals surface area contributed by atoms with Crippen molar-refractivity contribution in [2.75, 3.05) is 60.2 Å². The summed E-state index contributed by atoms with van der Waals surface area (Å²) in [4.78, 5) is 30.6. The minimum absolute atomic E-state index is 0.0233. The number of hydrazone groups is 1. The van der Waals surface area contributed by atoms with E-state index in [-0.39, 0.29) is 24.4 Å². The van der Waals surface area contributed by atoms with Crippen LogP contribution in [0.5, 0.6) is 11.5 Å². The Kier molecular flexibility index (Phi) is 9.59. The first-order valence-corrected chi connectivity index (χ1v) is 13.6. The van der Waals surface area contributed by atoms with Gasteiger partial charge < -0.3 is 19.1 Å². The van der Waals surface area contributed by atoms with Gasteiger partial charge in [0.2, 0.25) is 5.91 Å². The Morgan fingerprint density at radius 1 is 1.03 bits per heavy atom. The Morgan fingerprint density at radius 2 is 1.77 bits per heavy atom. The molecule has 9 heteroatoms. The summed E-state index contributed by atoms with van der Waals surface area (Å²) < 4.78 is 16.4. The van der Waals surface area contributed by atoms with Crippen LogP contribution in [0.3, 0.4) is 0 Å². The van der Waals surface area contributed by atoms with Crippen molar-refractivity contribution >= 4 is 17.5 Å². The van der Waals surface area contributed by atoms with E-state index in [1.165, 1.54) is 11.1 Å². The van der Waals surface area contributed by atoms with Crippen LogP contribution in [-0.4, -0.2) is 92.5 Å². The Bertz CT molecular complexity index is 1210. The van der Waals surface area contributed by atoms with Crippen LogP contribution >= 0.6 is 0 Å². The summed E-state index contributed by atoms with van der Waals surface area (Å²) in [6.07, 6.45) is 0.895. The molecule has 0 bridgehead atoms. The highest BCUT2D eigenvalue weighted by Crippen LogP contribution is 2.37. The predicted octanol–water partition coefficient (Wildman–Crippen LogP) is 3.57. The number of carbonyl (C=O) groups excluding carboxylic acids is 2. The third-order valence-electron chi connectivity index (χ3n) is 7.57. The Morgan fingerprint density at radius 3 is 2.44 bits per heavy atom. The molecule has 2 aliphatic rings. The highest BCUT2D eigenvalue weighted by atomic mass is 16.5. The van der Waals surface area contributed by atoms with Crippen LogP contribution in [0, 0.1) is 13.8 Å².